The van der Waals surface area contributed by atoms with Gasteiger partial charge in [0.25, 0.3) is 0 Å². The van der Waals surface area contributed by atoms with Crippen LogP contribution in [0.1, 0.15) is 44.2 Å². The molecule has 182 valence electrons. The van der Waals surface area contributed by atoms with Crippen molar-refractivity contribution in [2.75, 3.05) is 11.9 Å². The van der Waals surface area contributed by atoms with Gasteiger partial charge in [0, 0.05) is 12.1 Å². The number of nitrogens with one attached hydrogen (secondary N) is 2. The molecule has 0 spiro atoms. The Labute approximate surface area is 203 Å². The fourth-order valence-corrected chi connectivity index (χ4v) is 4.22. The zero-order valence-electron chi connectivity index (χ0n) is 19.8. The number of carboxylic acid groups (broad SMARTS) is 1. The summed E-state index contributed by atoms with van der Waals surface area (Å²) in [5.41, 5.74) is 3.71. The standard InChI is InChI=1S/C26H28N4O5/c1-4-22(23(31)32)29-24(33)26(2,3)30-14-16(13-27-30)28-25(34)35-15-21-19-11-7-5-9-17(19)18-10-6-8-12-20(18)21/h5-14,21-22H,4,15H2,1-3H3,(H,28,34)(H,29,33)(H,31,32). The third-order valence-electron chi connectivity index (χ3n) is 6.31. The van der Waals surface area contributed by atoms with Crippen molar-refractivity contribution >= 4 is 23.7 Å². The fourth-order valence-electron chi connectivity index (χ4n) is 4.22. The molecule has 0 fully saturated rings. The van der Waals surface area contributed by atoms with E-state index in [1.807, 2.05) is 36.4 Å². The Morgan fingerprint density at radius 2 is 1.69 bits per heavy atom. The maximum atomic E-state index is 12.7. The average Bonchev–Trinajstić information content (AvgIpc) is 3.44. The van der Waals surface area contributed by atoms with Crippen molar-refractivity contribution < 1.29 is 24.2 Å². The molecule has 4 rings (SSSR count). The van der Waals surface area contributed by atoms with Gasteiger partial charge in [-0.15, -0.1) is 0 Å². The molecule has 2 amide bonds. The first kappa shape index (κ1) is 24.0. The monoisotopic (exact) mass is 476 g/mol. The molecule has 35 heavy (non-hydrogen) atoms. The number of benzene rings is 2. The molecule has 0 saturated carbocycles. The summed E-state index contributed by atoms with van der Waals surface area (Å²) in [4.78, 5) is 36.5. The summed E-state index contributed by atoms with van der Waals surface area (Å²) in [5.74, 6) is -1.66. The van der Waals surface area contributed by atoms with E-state index >= 15 is 0 Å². The van der Waals surface area contributed by atoms with E-state index in [9.17, 15) is 19.5 Å². The predicted molar refractivity (Wildman–Crippen MR) is 130 cm³/mol. The van der Waals surface area contributed by atoms with E-state index in [-0.39, 0.29) is 18.9 Å². The van der Waals surface area contributed by atoms with Gasteiger partial charge in [0.2, 0.25) is 5.91 Å². The first-order valence-corrected chi connectivity index (χ1v) is 11.4. The van der Waals surface area contributed by atoms with E-state index in [2.05, 4.69) is 27.9 Å². The van der Waals surface area contributed by atoms with Crippen LogP contribution in [0.15, 0.2) is 60.9 Å². The lowest BCUT2D eigenvalue weighted by Gasteiger charge is -2.26. The molecule has 0 saturated heterocycles. The fraction of sp³-hybridized carbons (Fsp3) is 0.308. The van der Waals surface area contributed by atoms with E-state index in [4.69, 9.17) is 4.74 Å². The maximum Gasteiger partial charge on any atom is 0.411 e. The second kappa shape index (κ2) is 9.61. The minimum atomic E-state index is -1.18. The summed E-state index contributed by atoms with van der Waals surface area (Å²) >= 11 is 0. The number of amides is 2. The lowest BCUT2D eigenvalue weighted by Crippen LogP contribution is -2.50. The number of anilines is 1. The van der Waals surface area contributed by atoms with Crippen molar-refractivity contribution in [1.82, 2.24) is 15.1 Å². The lowest BCUT2D eigenvalue weighted by atomic mass is 9.98. The van der Waals surface area contributed by atoms with Crippen LogP contribution in [0.4, 0.5) is 10.5 Å². The molecule has 1 unspecified atom stereocenters. The highest BCUT2D eigenvalue weighted by Crippen LogP contribution is 2.44. The van der Waals surface area contributed by atoms with Crippen LogP contribution in [-0.4, -0.2) is 45.5 Å². The molecule has 1 atom stereocenters. The van der Waals surface area contributed by atoms with E-state index in [0.29, 0.717) is 5.69 Å². The highest BCUT2D eigenvalue weighted by molar-refractivity contribution is 5.88. The molecule has 0 aliphatic heterocycles. The Morgan fingerprint density at radius 3 is 2.26 bits per heavy atom. The van der Waals surface area contributed by atoms with Gasteiger partial charge >= 0.3 is 12.1 Å². The zero-order chi connectivity index (χ0) is 25.2. The lowest BCUT2D eigenvalue weighted by molar-refractivity contribution is -0.143. The molecule has 3 N–H and O–H groups in total. The highest BCUT2D eigenvalue weighted by Gasteiger charge is 2.34. The van der Waals surface area contributed by atoms with Crippen LogP contribution in [0, 0.1) is 0 Å². The van der Waals surface area contributed by atoms with Gasteiger partial charge in [-0.3, -0.25) is 14.8 Å². The minimum absolute atomic E-state index is 0.0563. The van der Waals surface area contributed by atoms with Crippen molar-refractivity contribution in [3.8, 4) is 11.1 Å². The number of carbonyl (C=O) groups is 3. The van der Waals surface area contributed by atoms with Gasteiger partial charge in [0.1, 0.15) is 18.2 Å². The summed E-state index contributed by atoms with van der Waals surface area (Å²) in [6.07, 6.45) is 2.53. The van der Waals surface area contributed by atoms with Gasteiger partial charge in [0.15, 0.2) is 0 Å². The average molecular weight is 477 g/mol. The molecule has 9 nitrogen and oxygen atoms in total. The molecular formula is C26H28N4O5. The Bertz CT molecular complexity index is 1220. The maximum absolute atomic E-state index is 12.7. The van der Waals surface area contributed by atoms with Crippen LogP contribution in [0.25, 0.3) is 11.1 Å². The predicted octanol–water partition coefficient (Wildman–Crippen LogP) is 3.96. The van der Waals surface area contributed by atoms with Crippen LogP contribution >= 0.6 is 0 Å². The van der Waals surface area contributed by atoms with Crippen LogP contribution in [0.5, 0.6) is 0 Å². The molecule has 1 heterocycles. The molecule has 0 bridgehead atoms. The highest BCUT2D eigenvalue weighted by atomic mass is 16.5. The number of aliphatic carboxylic acids is 1. The number of carboxylic acids is 1. The van der Waals surface area contributed by atoms with Gasteiger partial charge in [-0.05, 0) is 42.5 Å². The quantitative estimate of drug-likeness (QED) is 0.452. The van der Waals surface area contributed by atoms with Gasteiger partial charge in [-0.2, -0.15) is 5.10 Å². The number of rotatable bonds is 8. The third kappa shape index (κ3) is 4.75. The van der Waals surface area contributed by atoms with E-state index in [1.165, 1.54) is 17.1 Å². The van der Waals surface area contributed by atoms with Crippen molar-refractivity contribution in [1.29, 1.82) is 0 Å². The Morgan fingerprint density at radius 1 is 1.09 bits per heavy atom. The van der Waals surface area contributed by atoms with Crippen molar-refractivity contribution in [3.05, 3.63) is 72.1 Å². The number of hydrogen-bond acceptors (Lipinski definition) is 5. The Kier molecular flexibility index (Phi) is 6.59. The molecule has 0 radical (unpaired) electrons. The molecule has 1 aliphatic carbocycles. The molecule has 1 aromatic heterocycles. The topological polar surface area (TPSA) is 123 Å². The number of aromatic nitrogens is 2. The first-order valence-electron chi connectivity index (χ1n) is 11.4. The van der Waals surface area contributed by atoms with Gasteiger partial charge < -0.3 is 15.2 Å². The van der Waals surface area contributed by atoms with Gasteiger partial charge in [0.05, 0.1) is 11.9 Å². The first-order chi connectivity index (χ1) is 16.7. The molecule has 9 heteroatoms. The van der Waals surface area contributed by atoms with Crippen LogP contribution in [-0.2, 0) is 19.9 Å². The Hall–Kier alpha value is -4.14. The van der Waals surface area contributed by atoms with Gasteiger partial charge in [-0.1, -0.05) is 55.5 Å². The van der Waals surface area contributed by atoms with E-state index in [0.717, 1.165) is 22.3 Å². The van der Waals surface area contributed by atoms with E-state index in [1.54, 1.807) is 20.8 Å². The number of fused-ring (bicyclic) bond motifs is 3. The second-order valence-electron chi connectivity index (χ2n) is 8.96. The Balaban J connectivity index is 1.39. The smallest absolute Gasteiger partial charge is 0.411 e. The van der Waals surface area contributed by atoms with Crippen molar-refractivity contribution in [3.63, 3.8) is 0 Å². The summed E-state index contributed by atoms with van der Waals surface area (Å²) in [7, 11) is 0. The number of ether oxygens (including phenoxy) is 1. The molecule has 3 aromatic rings. The summed E-state index contributed by atoms with van der Waals surface area (Å²) in [6.45, 7) is 5.08. The van der Waals surface area contributed by atoms with Crippen molar-refractivity contribution in [2.45, 2.75) is 44.7 Å². The SMILES string of the molecule is CCC(NC(=O)C(C)(C)n1cc(NC(=O)OCC2c3ccccc3-c3ccccc32)cn1)C(=O)O. The number of carbonyl (C=O) groups excluding carboxylic acids is 2. The summed E-state index contributed by atoms with van der Waals surface area (Å²) in [6, 6.07) is 15.2. The van der Waals surface area contributed by atoms with Crippen LogP contribution in [0.3, 0.4) is 0 Å². The molecule has 2 aromatic carbocycles. The normalized spacial score (nSPS) is 13.5. The molecular weight excluding hydrogens is 448 g/mol. The van der Waals surface area contributed by atoms with Crippen LogP contribution in [0.2, 0.25) is 0 Å². The summed E-state index contributed by atoms with van der Waals surface area (Å²) < 4.78 is 6.92. The summed E-state index contributed by atoms with van der Waals surface area (Å²) in [5, 5.41) is 18.5. The number of hydrogen-bond donors (Lipinski definition) is 3. The molecule has 1 aliphatic rings. The van der Waals surface area contributed by atoms with Gasteiger partial charge in [-0.25, -0.2) is 9.59 Å². The van der Waals surface area contributed by atoms with Crippen molar-refractivity contribution in [2.24, 2.45) is 0 Å². The minimum Gasteiger partial charge on any atom is -0.480 e. The van der Waals surface area contributed by atoms with Crippen LogP contribution < -0.4 is 10.6 Å². The zero-order valence-corrected chi connectivity index (χ0v) is 19.8. The second-order valence-corrected chi connectivity index (χ2v) is 8.96. The number of nitrogens with zero attached hydrogens (tertiary/aromatic N) is 2. The third-order valence-corrected chi connectivity index (χ3v) is 6.31. The largest absolute Gasteiger partial charge is 0.480 e. The van der Waals surface area contributed by atoms with E-state index < -0.39 is 29.6 Å².